The maximum absolute atomic E-state index is 9.79. The molecule has 172 valence electrons. The number of aromatic nitrogens is 2. The molecule has 35 heavy (non-hydrogen) atoms. The van der Waals surface area contributed by atoms with Gasteiger partial charge in [0, 0.05) is 5.57 Å². The number of nitrogens with zero attached hydrogens (tertiary/aromatic N) is 3. The smallest absolute Gasteiger partial charge is 0.175 e. The lowest BCUT2D eigenvalue weighted by molar-refractivity contribution is 0.283. The van der Waals surface area contributed by atoms with Crippen LogP contribution in [-0.4, -0.2) is 16.7 Å². The van der Waals surface area contributed by atoms with Gasteiger partial charge in [0.15, 0.2) is 11.5 Å². The van der Waals surface area contributed by atoms with Crippen molar-refractivity contribution >= 4 is 43.8 Å². The van der Waals surface area contributed by atoms with Crippen LogP contribution < -0.4 is 9.47 Å². The molecule has 0 unspecified atom stereocenters. The third-order valence-electron chi connectivity index (χ3n) is 5.86. The summed E-state index contributed by atoms with van der Waals surface area (Å²) < 4.78 is 14.6. The minimum atomic E-state index is 0.405. The maximum Gasteiger partial charge on any atom is 0.175 e. The molecule has 0 atom stereocenters. The van der Waals surface area contributed by atoms with E-state index in [9.17, 15) is 5.26 Å². The van der Waals surface area contributed by atoms with E-state index in [0.717, 1.165) is 32.0 Å². The number of fused-ring (bicyclic) bond motifs is 2. The predicted octanol–water partition coefficient (Wildman–Crippen LogP) is 7.15. The van der Waals surface area contributed by atoms with Crippen molar-refractivity contribution < 1.29 is 9.47 Å². The van der Waals surface area contributed by atoms with E-state index in [2.05, 4.69) is 51.2 Å². The summed E-state index contributed by atoms with van der Waals surface area (Å²) in [6.45, 7) is 0.832. The minimum Gasteiger partial charge on any atom is -0.493 e. The van der Waals surface area contributed by atoms with Crippen LogP contribution in [0, 0.1) is 11.3 Å². The molecule has 1 aromatic heterocycles. The Labute approximate surface area is 212 Å². The summed E-state index contributed by atoms with van der Waals surface area (Å²) in [6, 6.07) is 28.5. The molecule has 0 aliphatic rings. The second-order valence-electron chi connectivity index (χ2n) is 8.10. The highest BCUT2D eigenvalue weighted by molar-refractivity contribution is 9.10. The molecule has 5 rings (SSSR count). The van der Waals surface area contributed by atoms with E-state index < -0.39 is 0 Å². The predicted molar refractivity (Wildman–Crippen MR) is 142 cm³/mol. The van der Waals surface area contributed by atoms with Gasteiger partial charge >= 0.3 is 0 Å². The molecule has 0 aliphatic heterocycles. The average molecular weight is 524 g/mol. The molecule has 0 radical (unpaired) electrons. The second-order valence-corrected chi connectivity index (χ2v) is 8.96. The highest BCUT2D eigenvalue weighted by atomic mass is 79.9. The van der Waals surface area contributed by atoms with Crippen LogP contribution in [0.1, 0.15) is 11.1 Å². The van der Waals surface area contributed by atoms with Gasteiger partial charge in [0.05, 0.1) is 41.6 Å². The zero-order chi connectivity index (χ0) is 24.2. The van der Waals surface area contributed by atoms with Crippen molar-refractivity contribution in [2.45, 2.75) is 13.2 Å². The average Bonchev–Trinajstić information content (AvgIpc) is 3.30. The molecule has 5 aromatic rings. The van der Waals surface area contributed by atoms with Crippen LogP contribution in [0.3, 0.4) is 0 Å². The number of rotatable bonds is 7. The fourth-order valence-corrected chi connectivity index (χ4v) is 4.74. The molecule has 4 aromatic carbocycles. The maximum atomic E-state index is 9.79. The van der Waals surface area contributed by atoms with Gasteiger partial charge in [-0.2, -0.15) is 5.26 Å². The SMILES string of the molecule is COc1cc(/C=C(/C#N)Cn2cnc3ccccc32)cc(Br)c1OCc1cccc2ccccc12. The normalized spacial score (nSPS) is 11.5. The first kappa shape index (κ1) is 22.7. The monoisotopic (exact) mass is 523 g/mol. The molecule has 1 heterocycles. The number of methoxy groups -OCH3 is 1. The molecular weight excluding hydrogens is 502 g/mol. The van der Waals surface area contributed by atoms with Crippen LogP contribution in [0.2, 0.25) is 0 Å². The Bertz CT molecular complexity index is 1590. The number of para-hydroxylation sites is 2. The number of allylic oxidation sites excluding steroid dienone is 1. The molecule has 0 aliphatic carbocycles. The van der Waals surface area contributed by atoms with Crippen molar-refractivity contribution in [3.8, 4) is 17.6 Å². The lowest BCUT2D eigenvalue weighted by Crippen LogP contribution is -2.00. The van der Waals surface area contributed by atoms with Gasteiger partial charge in [-0.25, -0.2) is 4.98 Å². The van der Waals surface area contributed by atoms with Crippen LogP contribution in [-0.2, 0) is 13.2 Å². The highest BCUT2D eigenvalue weighted by Gasteiger charge is 2.13. The van der Waals surface area contributed by atoms with Crippen molar-refractivity contribution in [3.05, 3.63) is 106 Å². The highest BCUT2D eigenvalue weighted by Crippen LogP contribution is 2.38. The van der Waals surface area contributed by atoms with Crippen molar-refractivity contribution in [1.82, 2.24) is 9.55 Å². The summed E-state index contributed by atoms with van der Waals surface area (Å²) in [6.07, 6.45) is 3.62. The summed E-state index contributed by atoms with van der Waals surface area (Å²) in [5.74, 6) is 1.22. The molecule has 0 amide bonds. The van der Waals surface area contributed by atoms with Crippen LogP contribution in [0.25, 0.3) is 27.9 Å². The first-order chi connectivity index (χ1) is 17.2. The fourth-order valence-electron chi connectivity index (χ4n) is 4.17. The van der Waals surface area contributed by atoms with E-state index in [1.807, 2.05) is 65.2 Å². The molecule has 0 fully saturated rings. The number of hydrogen-bond acceptors (Lipinski definition) is 4. The van der Waals surface area contributed by atoms with Gasteiger partial charge in [0.25, 0.3) is 0 Å². The number of imidazole rings is 1. The zero-order valence-electron chi connectivity index (χ0n) is 19.1. The van der Waals surface area contributed by atoms with Crippen LogP contribution >= 0.6 is 15.9 Å². The summed E-state index contributed by atoms with van der Waals surface area (Å²) in [7, 11) is 1.61. The van der Waals surface area contributed by atoms with Crippen LogP contribution in [0.5, 0.6) is 11.5 Å². The molecule has 5 nitrogen and oxygen atoms in total. The van der Waals surface area contributed by atoms with Gasteiger partial charge in [-0.1, -0.05) is 54.6 Å². The first-order valence-corrected chi connectivity index (χ1v) is 11.9. The molecular formula is C29H22BrN3O2. The second kappa shape index (κ2) is 10.0. The van der Waals surface area contributed by atoms with E-state index >= 15 is 0 Å². The summed E-state index contributed by atoms with van der Waals surface area (Å²) >= 11 is 3.63. The number of halogens is 1. The standard InChI is InChI=1S/C29H22BrN3O2/c1-34-28-15-20(13-21(16-31)17-33-19-32-26-11-4-5-12-27(26)33)14-25(30)29(28)35-18-23-9-6-8-22-7-2-3-10-24(22)23/h2-15,19H,17-18H2,1H3/b21-13-. The van der Waals surface area contributed by atoms with E-state index in [-0.39, 0.29) is 0 Å². The van der Waals surface area contributed by atoms with E-state index in [1.54, 1.807) is 13.4 Å². The molecule has 0 saturated carbocycles. The number of nitriles is 1. The Balaban J connectivity index is 1.40. The van der Waals surface area contributed by atoms with E-state index in [1.165, 1.54) is 5.39 Å². The summed E-state index contributed by atoms with van der Waals surface area (Å²) in [4.78, 5) is 4.41. The quantitative estimate of drug-likeness (QED) is 0.212. The molecule has 0 spiro atoms. The minimum absolute atomic E-state index is 0.405. The van der Waals surface area contributed by atoms with Gasteiger partial charge in [-0.3, -0.25) is 0 Å². The fraction of sp³-hybridized carbons (Fsp3) is 0.103. The van der Waals surface area contributed by atoms with Gasteiger partial charge < -0.3 is 14.0 Å². The van der Waals surface area contributed by atoms with Crippen molar-refractivity contribution in [1.29, 1.82) is 5.26 Å². The number of ether oxygens (including phenoxy) is 2. The topological polar surface area (TPSA) is 60.1 Å². The first-order valence-electron chi connectivity index (χ1n) is 11.1. The van der Waals surface area contributed by atoms with Crippen LogP contribution in [0.4, 0.5) is 0 Å². The van der Waals surface area contributed by atoms with Gasteiger partial charge in [0.2, 0.25) is 0 Å². The largest absolute Gasteiger partial charge is 0.493 e. The Hall–Kier alpha value is -4.08. The Morgan fingerprint density at radius 2 is 1.86 bits per heavy atom. The molecule has 6 heteroatoms. The van der Waals surface area contributed by atoms with Crippen LogP contribution in [0.15, 0.2) is 95.2 Å². The lowest BCUT2D eigenvalue weighted by atomic mass is 10.1. The third kappa shape index (κ3) is 4.77. The van der Waals surface area contributed by atoms with Crippen molar-refractivity contribution in [2.24, 2.45) is 0 Å². The van der Waals surface area contributed by atoms with E-state index in [0.29, 0.717) is 30.2 Å². The molecule has 0 saturated heterocycles. The Morgan fingerprint density at radius 3 is 2.71 bits per heavy atom. The zero-order valence-corrected chi connectivity index (χ0v) is 20.7. The lowest BCUT2D eigenvalue weighted by Gasteiger charge is -2.15. The van der Waals surface area contributed by atoms with E-state index in [4.69, 9.17) is 9.47 Å². The van der Waals surface area contributed by atoms with Crippen molar-refractivity contribution in [3.63, 3.8) is 0 Å². The van der Waals surface area contributed by atoms with Gasteiger partial charge in [-0.05, 0) is 68.2 Å². The molecule has 0 N–H and O–H groups in total. The Morgan fingerprint density at radius 1 is 1.06 bits per heavy atom. The summed E-state index contributed by atoms with van der Waals surface area (Å²) in [5, 5.41) is 12.1. The van der Waals surface area contributed by atoms with Gasteiger partial charge in [-0.15, -0.1) is 0 Å². The van der Waals surface area contributed by atoms with Crippen molar-refractivity contribution in [2.75, 3.05) is 7.11 Å². The number of hydrogen-bond donors (Lipinski definition) is 0. The third-order valence-corrected chi connectivity index (χ3v) is 6.45. The van der Waals surface area contributed by atoms with Gasteiger partial charge in [0.1, 0.15) is 6.61 Å². The summed E-state index contributed by atoms with van der Waals surface area (Å²) in [5.41, 5.74) is 4.44. The number of benzene rings is 4. The molecule has 0 bridgehead atoms. The Kier molecular flexibility index (Phi) is 6.51.